The number of thiophene rings is 2. The fraction of sp³-hybridized carbons (Fsp3) is 0.429. The number of fused-ring (bicyclic) bond motifs is 1. The van der Waals surface area contributed by atoms with E-state index in [1.807, 2.05) is 13.8 Å². The second-order valence-electron chi connectivity index (χ2n) is 8.40. The van der Waals surface area contributed by atoms with Crippen LogP contribution in [0.15, 0.2) is 18.2 Å². The highest BCUT2D eigenvalue weighted by Crippen LogP contribution is 2.45. The molecule has 0 saturated carbocycles. The number of rotatable bonds is 6. The number of hydrogen-bond acceptors (Lipinski definition) is 8. The molecular formula is C21H25N3O5S2. The van der Waals surface area contributed by atoms with E-state index >= 15 is 0 Å². The zero-order chi connectivity index (χ0) is 23.0. The van der Waals surface area contributed by atoms with Crippen molar-refractivity contribution in [3.63, 3.8) is 0 Å². The second kappa shape index (κ2) is 8.52. The molecule has 0 aromatic carbocycles. The predicted molar refractivity (Wildman–Crippen MR) is 123 cm³/mol. The van der Waals surface area contributed by atoms with E-state index in [4.69, 9.17) is 4.74 Å². The average Bonchev–Trinajstić information content (AvgIpc) is 3.24. The van der Waals surface area contributed by atoms with Gasteiger partial charge in [0.25, 0.3) is 0 Å². The molecule has 31 heavy (non-hydrogen) atoms. The third-order valence-corrected chi connectivity index (χ3v) is 7.23. The number of hydrogen-bond donors (Lipinski definition) is 2. The molecule has 1 aliphatic heterocycles. The van der Waals surface area contributed by atoms with Crippen LogP contribution in [0.25, 0.3) is 6.08 Å². The third-order valence-electron chi connectivity index (χ3n) is 4.75. The predicted octanol–water partition coefficient (Wildman–Crippen LogP) is 4.71. The van der Waals surface area contributed by atoms with Gasteiger partial charge in [-0.15, -0.1) is 11.3 Å². The smallest absolute Gasteiger partial charge is 0.341 e. The van der Waals surface area contributed by atoms with Gasteiger partial charge in [-0.3, -0.25) is 14.9 Å². The molecule has 0 saturated heterocycles. The summed E-state index contributed by atoms with van der Waals surface area (Å²) in [6.07, 6.45) is 3.44. The molecule has 0 fully saturated rings. The molecule has 0 unspecified atom stereocenters. The maximum atomic E-state index is 12.8. The first-order valence-electron chi connectivity index (χ1n) is 9.79. The van der Waals surface area contributed by atoms with Crippen molar-refractivity contribution in [2.45, 2.75) is 52.1 Å². The topological polar surface area (TPSA) is 111 Å². The summed E-state index contributed by atoms with van der Waals surface area (Å²) in [6, 6.07) is 2.97. The van der Waals surface area contributed by atoms with Crippen molar-refractivity contribution < 1.29 is 19.2 Å². The molecule has 0 atom stereocenters. The van der Waals surface area contributed by atoms with Crippen molar-refractivity contribution in [1.82, 2.24) is 5.32 Å². The number of nitrogens with one attached hydrogen (secondary N) is 2. The Morgan fingerprint density at radius 1 is 1.29 bits per heavy atom. The minimum Gasteiger partial charge on any atom is -0.462 e. The van der Waals surface area contributed by atoms with Crippen molar-refractivity contribution in [3.05, 3.63) is 49.2 Å². The molecule has 1 amide bonds. The molecule has 0 radical (unpaired) electrons. The Morgan fingerprint density at radius 2 is 2.00 bits per heavy atom. The van der Waals surface area contributed by atoms with E-state index in [1.54, 1.807) is 13.0 Å². The van der Waals surface area contributed by atoms with Crippen molar-refractivity contribution in [3.8, 4) is 0 Å². The van der Waals surface area contributed by atoms with Crippen LogP contribution in [-0.2, 0) is 21.5 Å². The molecule has 3 rings (SSSR count). The van der Waals surface area contributed by atoms with Crippen molar-refractivity contribution >= 4 is 50.6 Å². The van der Waals surface area contributed by atoms with Gasteiger partial charge in [0.1, 0.15) is 5.00 Å². The van der Waals surface area contributed by atoms with E-state index < -0.39 is 16.8 Å². The highest BCUT2D eigenvalue weighted by molar-refractivity contribution is 7.17. The van der Waals surface area contributed by atoms with Gasteiger partial charge in [-0.05, 0) is 58.7 Å². The Morgan fingerprint density at radius 3 is 2.61 bits per heavy atom. The largest absolute Gasteiger partial charge is 0.462 e. The Hall–Kier alpha value is -2.56. The lowest BCUT2D eigenvalue weighted by molar-refractivity contribution is -0.380. The number of carbonyl (C=O) groups excluding carboxylic acids is 2. The van der Waals surface area contributed by atoms with Crippen LogP contribution >= 0.6 is 22.7 Å². The fourth-order valence-electron chi connectivity index (χ4n) is 3.88. The fourth-order valence-corrected chi connectivity index (χ4v) is 5.87. The molecule has 0 bridgehead atoms. The zero-order valence-electron chi connectivity index (χ0n) is 18.0. The van der Waals surface area contributed by atoms with Crippen molar-refractivity contribution in [2.75, 3.05) is 11.9 Å². The minimum absolute atomic E-state index is 0.00735. The Balaban J connectivity index is 1.92. The summed E-state index contributed by atoms with van der Waals surface area (Å²) in [7, 11) is 0. The van der Waals surface area contributed by atoms with Gasteiger partial charge in [-0.1, -0.05) is 11.3 Å². The second-order valence-corrected chi connectivity index (χ2v) is 10.5. The standard InChI is InChI=1S/C21H25N3O5S2/c1-6-29-19(26)16-13-11-20(2,3)23-21(4,5)17(13)31-18(16)22-14(25)9-7-12-8-10-15(30-12)24(27)28/h7-10,23H,6,11H2,1-5H3,(H,22,25). The number of carbonyl (C=O) groups is 2. The molecule has 2 N–H and O–H groups in total. The van der Waals surface area contributed by atoms with E-state index in [0.717, 1.165) is 21.8 Å². The number of anilines is 1. The van der Waals surface area contributed by atoms with E-state index in [0.29, 0.717) is 21.9 Å². The van der Waals surface area contributed by atoms with Gasteiger partial charge in [-0.25, -0.2) is 4.79 Å². The number of ether oxygens (including phenoxy) is 1. The van der Waals surface area contributed by atoms with E-state index in [-0.39, 0.29) is 22.7 Å². The molecule has 3 heterocycles. The van der Waals surface area contributed by atoms with Crippen LogP contribution in [-0.4, -0.2) is 28.9 Å². The number of nitro groups is 1. The molecule has 2 aromatic rings. The summed E-state index contributed by atoms with van der Waals surface area (Å²) >= 11 is 2.35. The highest BCUT2D eigenvalue weighted by atomic mass is 32.1. The SMILES string of the molecule is CCOC(=O)c1c(NC(=O)C=Cc2ccc([N+](=O)[O-])s2)sc2c1CC(C)(C)NC2(C)C. The van der Waals surface area contributed by atoms with Crippen LogP contribution < -0.4 is 10.6 Å². The number of amides is 1. The van der Waals surface area contributed by atoms with Crippen LogP contribution in [0.1, 0.15) is 60.3 Å². The van der Waals surface area contributed by atoms with Crippen LogP contribution in [0, 0.1) is 10.1 Å². The quantitative estimate of drug-likeness (QED) is 0.278. The highest BCUT2D eigenvalue weighted by Gasteiger charge is 2.42. The maximum Gasteiger partial charge on any atom is 0.341 e. The van der Waals surface area contributed by atoms with Crippen LogP contribution in [0.3, 0.4) is 0 Å². The third kappa shape index (κ3) is 5.03. The maximum absolute atomic E-state index is 12.8. The normalized spacial score (nSPS) is 16.7. The lowest BCUT2D eigenvalue weighted by atomic mass is 9.81. The molecule has 166 valence electrons. The zero-order valence-corrected chi connectivity index (χ0v) is 19.7. The first kappa shape index (κ1) is 23.1. The molecule has 0 spiro atoms. The summed E-state index contributed by atoms with van der Waals surface area (Å²) in [5.41, 5.74) is 0.689. The van der Waals surface area contributed by atoms with Gasteiger partial charge < -0.3 is 15.4 Å². The summed E-state index contributed by atoms with van der Waals surface area (Å²) < 4.78 is 5.28. The summed E-state index contributed by atoms with van der Waals surface area (Å²) in [4.78, 5) is 37.3. The van der Waals surface area contributed by atoms with Gasteiger partial charge >= 0.3 is 11.0 Å². The van der Waals surface area contributed by atoms with Crippen LogP contribution in [0.2, 0.25) is 0 Å². The molecule has 10 heteroatoms. The lowest BCUT2D eigenvalue weighted by Gasteiger charge is -2.42. The Kier molecular flexibility index (Phi) is 6.35. The molecule has 8 nitrogen and oxygen atoms in total. The van der Waals surface area contributed by atoms with Crippen molar-refractivity contribution in [2.24, 2.45) is 0 Å². The number of nitrogens with zero attached hydrogens (tertiary/aromatic N) is 1. The number of esters is 1. The van der Waals surface area contributed by atoms with E-state index in [2.05, 4.69) is 24.5 Å². The average molecular weight is 464 g/mol. The monoisotopic (exact) mass is 463 g/mol. The van der Waals surface area contributed by atoms with Gasteiger partial charge in [0.05, 0.1) is 17.1 Å². The van der Waals surface area contributed by atoms with E-state index in [1.165, 1.54) is 29.6 Å². The van der Waals surface area contributed by atoms with Crippen molar-refractivity contribution in [1.29, 1.82) is 0 Å². The van der Waals surface area contributed by atoms with E-state index in [9.17, 15) is 19.7 Å². The molecule has 0 aliphatic carbocycles. The lowest BCUT2D eigenvalue weighted by Crippen LogP contribution is -2.55. The molecular weight excluding hydrogens is 438 g/mol. The van der Waals surface area contributed by atoms with Gasteiger partial charge in [0.2, 0.25) is 5.91 Å². The summed E-state index contributed by atoms with van der Waals surface area (Å²) in [5.74, 6) is -0.883. The van der Waals surface area contributed by atoms with Crippen LogP contribution in [0.5, 0.6) is 0 Å². The Bertz CT molecular complexity index is 1070. The molecule has 2 aromatic heterocycles. The first-order valence-corrected chi connectivity index (χ1v) is 11.4. The van der Waals surface area contributed by atoms with Gasteiger partial charge in [0.15, 0.2) is 0 Å². The van der Waals surface area contributed by atoms with Crippen LogP contribution in [0.4, 0.5) is 10.0 Å². The molecule has 1 aliphatic rings. The summed E-state index contributed by atoms with van der Waals surface area (Å²) in [6.45, 7) is 10.2. The summed E-state index contributed by atoms with van der Waals surface area (Å²) in [5, 5.41) is 17.7. The van der Waals surface area contributed by atoms with Gasteiger partial charge in [-0.2, -0.15) is 0 Å². The Labute approximate surface area is 188 Å². The van der Waals surface area contributed by atoms with Gasteiger partial charge in [0, 0.05) is 33.0 Å². The minimum atomic E-state index is -0.471. The first-order chi connectivity index (χ1) is 14.4.